The highest BCUT2D eigenvalue weighted by Crippen LogP contribution is 2.22. The third kappa shape index (κ3) is 7.98. The lowest BCUT2D eigenvalue weighted by atomic mass is 10.1. The second-order valence-corrected chi connectivity index (χ2v) is 14.6. The van der Waals surface area contributed by atoms with Crippen LogP contribution in [0.25, 0.3) is 10.8 Å². The minimum Gasteiger partial charge on any atom is -0.480 e. The largest absolute Gasteiger partial charge is 0.480 e. The average molecular weight is 677 g/mol. The molecule has 1 aliphatic heterocycles. The number of hydrazine groups is 1. The van der Waals surface area contributed by atoms with Crippen molar-refractivity contribution in [3.8, 4) is 11.8 Å². The highest BCUT2D eigenvalue weighted by Gasteiger charge is 2.38. The Morgan fingerprint density at radius 1 is 0.936 bits per heavy atom. The van der Waals surface area contributed by atoms with Crippen LogP contribution in [-0.4, -0.2) is 80.7 Å². The zero-order valence-corrected chi connectivity index (χ0v) is 27.9. The Balaban J connectivity index is 1.26. The summed E-state index contributed by atoms with van der Waals surface area (Å²) in [4.78, 5) is 27.5. The predicted octanol–water partition coefficient (Wildman–Crippen LogP) is 3.44. The molecule has 2 N–H and O–H groups in total. The number of hydrogen-bond acceptors (Lipinski definition) is 7. The van der Waals surface area contributed by atoms with Crippen molar-refractivity contribution >= 4 is 43.5 Å². The number of anilines is 1. The molecule has 5 rings (SSSR count). The lowest BCUT2D eigenvalue weighted by molar-refractivity contribution is -0.148. The fraction of sp³-hybridized carbons (Fsp3) is 0.294. The van der Waals surface area contributed by atoms with Crippen LogP contribution in [0.2, 0.25) is 0 Å². The maximum Gasteiger partial charge on any atom is 0.323 e. The van der Waals surface area contributed by atoms with Gasteiger partial charge in [0.2, 0.25) is 11.3 Å². The summed E-state index contributed by atoms with van der Waals surface area (Å²) in [6.45, 7) is 5.60. The van der Waals surface area contributed by atoms with Crippen LogP contribution in [0.4, 0.5) is 5.69 Å². The molecule has 47 heavy (non-hydrogen) atoms. The van der Waals surface area contributed by atoms with Gasteiger partial charge in [0.1, 0.15) is 6.04 Å². The van der Waals surface area contributed by atoms with Gasteiger partial charge in [0.25, 0.3) is 5.56 Å². The fourth-order valence-corrected chi connectivity index (χ4v) is 7.10. The molecular formula is C34H36N4O7S2. The molecule has 1 saturated heterocycles. The Morgan fingerprint density at radius 2 is 1.55 bits per heavy atom. The number of benzene rings is 3. The van der Waals surface area contributed by atoms with E-state index in [9.17, 15) is 31.9 Å². The molecule has 246 valence electrons. The quantitative estimate of drug-likeness (QED) is 0.202. The van der Waals surface area contributed by atoms with Crippen LogP contribution in [-0.2, 0) is 32.4 Å². The number of piperazine rings is 1. The molecule has 4 aromatic rings. The van der Waals surface area contributed by atoms with E-state index in [0.29, 0.717) is 43.7 Å². The molecule has 1 aliphatic rings. The first-order valence-electron chi connectivity index (χ1n) is 15.0. The second-order valence-electron chi connectivity index (χ2n) is 11.8. The van der Waals surface area contributed by atoms with Gasteiger partial charge >= 0.3 is 5.97 Å². The number of sulfone groups is 1. The van der Waals surface area contributed by atoms with Crippen LogP contribution in [0.1, 0.15) is 30.5 Å². The van der Waals surface area contributed by atoms with Gasteiger partial charge in [0, 0.05) is 60.8 Å². The van der Waals surface area contributed by atoms with Crippen molar-refractivity contribution in [3.05, 3.63) is 106 Å². The number of carboxylic acids is 1. The van der Waals surface area contributed by atoms with E-state index in [1.807, 2.05) is 42.5 Å². The van der Waals surface area contributed by atoms with Gasteiger partial charge in [-0.1, -0.05) is 43.9 Å². The number of aromatic nitrogens is 1. The van der Waals surface area contributed by atoms with Gasteiger partial charge in [-0.2, -0.15) is 0 Å². The SMILES string of the molecule is CC(C)C(C(=O)O)N(N1CCN(c2ccc(C#Cc3ccc4ccn(Cc5ccc(S(C)(=O)=O)cc5)c(=O)c4c3)cc2)CC1)S(=O)O. The number of hydrogen-bond donors (Lipinski definition) is 2. The molecule has 0 amide bonds. The Kier molecular flexibility index (Phi) is 10.3. The van der Waals surface area contributed by atoms with E-state index in [-0.39, 0.29) is 16.4 Å². The molecule has 13 heteroatoms. The normalized spacial score (nSPS) is 15.4. The Morgan fingerprint density at radius 3 is 2.13 bits per heavy atom. The summed E-state index contributed by atoms with van der Waals surface area (Å²) in [5, 5.41) is 12.6. The molecule has 2 heterocycles. The topological polar surface area (TPSA) is 140 Å². The summed E-state index contributed by atoms with van der Waals surface area (Å²) in [5.74, 6) is 4.80. The van der Waals surface area contributed by atoms with Gasteiger partial charge in [-0.05, 0) is 71.5 Å². The molecule has 1 aromatic heterocycles. The van der Waals surface area contributed by atoms with E-state index in [4.69, 9.17) is 0 Å². The maximum atomic E-state index is 13.3. The van der Waals surface area contributed by atoms with Crippen molar-refractivity contribution in [1.29, 1.82) is 0 Å². The summed E-state index contributed by atoms with van der Waals surface area (Å²) in [7, 11) is -3.30. The fourth-order valence-electron chi connectivity index (χ4n) is 5.58. The van der Waals surface area contributed by atoms with Gasteiger partial charge in [-0.15, -0.1) is 4.41 Å². The van der Waals surface area contributed by atoms with Gasteiger partial charge in [-0.25, -0.2) is 17.6 Å². The van der Waals surface area contributed by atoms with Gasteiger partial charge in [-0.3, -0.25) is 14.1 Å². The van der Waals surface area contributed by atoms with Crippen LogP contribution >= 0.6 is 0 Å². The number of fused-ring (bicyclic) bond motifs is 1. The van der Waals surface area contributed by atoms with Gasteiger partial charge in [0.05, 0.1) is 11.4 Å². The van der Waals surface area contributed by atoms with Crippen LogP contribution in [0.15, 0.2) is 88.7 Å². The molecule has 0 aliphatic carbocycles. The molecule has 11 nitrogen and oxygen atoms in total. The van der Waals surface area contributed by atoms with Gasteiger partial charge < -0.3 is 14.6 Å². The van der Waals surface area contributed by atoms with E-state index < -0.39 is 33.1 Å². The smallest absolute Gasteiger partial charge is 0.323 e. The van der Waals surface area contributed by atoms with Crippen LogP contribution in [0.3, 0.4) is 0 Å². The first kappa shape index (κ1) is 34.0. The molecule has 1 fully saturated rings. The Bertz CT molecular complexity index is 2030. The van der Waals surface area contributed by atoms with Crippen molar-refractivity contribution in [2.75, 3.05) is 37.3 Å². The molecule has 0 radical (unpaired) electrons. The third-order valence-corrected chi connectivity index (χ3v) is 9.99. The van der Waals surface area contributed by atoms with Crippen LogP contribution < -0.4 is 10.5 Å². The molecule has 0 bridgehead atoms. The number of carboxylic acid groups (broad SMARTS) is 1. The molecular weight excluding hydrogens is 641 g/mol. The minimum atomic E-state index is -3.30. The van der Waals surface area contributed by atoms with E-state index in [1.165, 1.54) is 0 Å². The first-order valence-corrected chi connectivity index (χ1v) is 17.9. The second kappa shape index (κ2) is 14.2. The predicted molar refractivity (Wildman–Crippen MR) is 182 cm³/mol. The minimum absolute atomic E-state index is 0.168. The summed E-state index contributed by atoms with van der Waals surface area (Å²) in [6.07, 6.45) is 2.88. The molecule has 2 atom stereocenters. The number of pyridine rings is 1. The Hall–Kier alpha value is -4.32. The highest BCUT2D eigenvalue weighted by atomic mass is 32.2. The molecule has 3 aromatic carbocycles. The summed E-state index contributed by atoms with van der Waals surface area (Å²) < 4.78 is 48.1. The zero-order chi connectivity index (χ0) is 33.9. The van der Waals surface area contributed by atoms with E-state index in [2.05, 4.69) is 16.7 Å². The first-order chi connectivity index (χ1) is 22.3. The molecule has 0 saturated carbocycles. The number of aliphatic carboxylic acids is 1. The number of rotatable bonds is 9. The van der Waals surface area contributed by atoms with Crippen molar-refractivity contribution < 1.29 is 27.1 Å². The van der Waals surface area contributed by atoms with Crippen LogP contribution in [0.5, 0.6) is 0 Å². The summed E-state index contributed by atoms with van der Waals surface area (Å²) >= 11 is -2.46. The monoisotopic (exact) mass is 676 g/mol. The van der Waals surface area contributed by atoms with Crippen molar-refractivity contribution in [2.24, 2.45) is 5.92 Å². The molecule has 2 unspecified atom stereocenters. The van der Waals surface area contributed by atoms with Crippen molar-refractivity contribution in [2.45, 2.75) is 31.3 Å². The summed E-state index contributed by atoms with van der Waals surface area (Å²) in [5.41, 5.74) is 3.08. The standard InChI is InChI=1S/C34H36N4O7S2/c1-24(2)32(34(40)41)38(46(42)43)37-20-18-35(19-21-37)29-12-7-25(8-13-29)4-5-26-6-11-28-16-17-36(33(39)31(28)22-26)23-27-9-14-30(15-10-27)47(3,44)45/h6-17,22,24,32H,18-21,23H2,1-3H3,(H,40,41)(H,42,43). The lowest BCUT2D eigenvalue weighted by Crippen LogP contribution is -2.60. The number of carbonyl (C=O) groups is 1. The van der Waals surface area contributed by atoms with Gasteiger partial charge in [0.15, 0.2) is 9.84 Å². The zero-order valence-electron chi connectivity index (χ0n) is 26.2. The maximum absolute atomic E-state index is 13.3. The molecule has 0 spiro atoms. The Labute approximate surface area is 276 Å². The van der Waals surface area contributed by atoms with E-state index >= 15 is 0 Å². The van der Waals surface area contributed by atoms with Crippen molar-refractivity contribution in [3.63, 3.8) is 0 Å². The average Bonchev–Trinajstić information content (AvgIpc) is 3.03. The summed E-state index contributed by atoms with van der Waals surface area (Å²) in [6, 6.07) is 20.5. The highest BCUT2D eigenvalue weighted by molar-refractivity contribution is 7.90. The van der Waals surface area contributed by atoms with Crippen molar-refractivity contribution in [1.82, 2.24) is 14.0 Å². The third-order valence-electron chi connectivity index (χ3n) is 8.08. The lowest BCUT2D eigenvalue weighted by Gasteiger charge is -2.42. The van der Waals surface area contributed by atoms with E-state index in [1.54, 1.807) is 60.0 Å². The van der Waals surface area contributed by atoms with Crippen LogP contribution in [0, 0.1) is 17.8 Å². The van der Waals surface area contributed by atoms with E-state index in [0.717, 1.165) is 32.9 Å². The number of nitrogens with zero attached hydrogens (tertiary/aromatic N) is 4.